The van der Waals surface area contributed by atoms with Crippen LogP contribution in [0.5, 0.6) is 0 Å². The molecule has 0 aliphatic rings. The van der Waals surface area contributed by atoms with Gasteiger partial charge in [0.15, 0.2) is 5.16 Å². The highest BCUT2D eigenvalue weighted by Gasteiger charge is 2.13. The summed E-state index contributed by atoms with van der Waals surface area (Å²) in [4.78, 5) is 12.1. The number of hydrogen-bond acceptors (Lipinski definition) is 4. The Balaban J connectivity index is 1.61. The molecular formula is C19H19ClN4OS. The van der Waals surface area contributed by atoms with Gasteiger partial charge >= 0.3 is 0 Å². The van der Waals surface area contributed by atoms with Gasteiger partial charge in [-0.2, -0.15) is 0 Å². The lowest BCUT2D eigenvalue weighted by molar-refractivity contribution is -0.113. The quantitative estimate of drug-likeness (QED) is 0.616. The van der Waals surface area contributed by atoms with E-state index in [1.54, 1.807) is 24.3 Å². The van der Waals surface area contributed by atoms with Crippen molar-refractivity contribution in [3.05, 3.63) is 71.0 Å². The maximum absolute atomic E-state index is 12.1. The number of hydrogen-bond donors (Lipinski definition) is 1. The zero-order valence-corrected chi connectivity index (χ0v) is 15.9. The third-order valence-electron chi connectivity index (χ3n) is 3.78. The Morgan fingerprint density at radius 1 is 1.12 bits per heavy atom. The van der Waals surface area contributed by atoms with Crippen LogP contribution in [0.25, 0.3) is 0 Å². The van der Waals surface area contributed by atoms with E-state index in [1.807, 2.05) is 22.8 Å². The zero-order valence-electron chi connectivity index (χ0n) is 14.4. The van der Waals surface area contributed by atoms with Crippen molar-refractivity contribution in [2.24, 2.45) is 0 Å². The second-order valence-corrected chi connectivity index (χ2v) is 7.03. The molecule has 0 radical (unpaired) electrons. The molecule has 26 heavy (non-hydrogen) atoms. The number of aromatic nitrogens is 3. The van der Waals surface area contributed by atoms with Crippen LogP contribution in [0.3, 0.4) is 0 Å². The van der Waals surface area contributed by atoms with E-state index in [0.29, 0.717) is 5.02 Å². The summed E-state index contributed by atoms with van der Waals surface area (Å²) in [6, 6.07) is 17.2. The van der Waals surface area contributed by atoms with Gasteiger partial charge in [-0.3, -0.25) is 4.79 Å². The number of benzene rings is 2. The number of halogens is 1. The first-order valence-corrected chi connectivity index (χ1v) is 9.66. The van der Waals surface area contributed by atoms with Crippen molar-refractivity contribution in [2.75, 3.05) is 11.1 Å². The van der Waals surface area contributed by atoms with Crippen LogP contribution in [0.1, 0.15) is 18.3 Å². The normalized spacial score (nSPS) is 10.7. The fourth-order valence-electron chi connectivity index (χ4n) is 2.51. The molecule has 0 atom stereocenters. The predicted octanol–water partition coefficient (Wildman–Crippen LogP) is 4.27. The number of thioether (sulfide) groups is 1. The lowest BCUT2D eigenvalue weighted by atomic mass is 10.1. The second-order valence-electron chi connectivity index (χ2n) is 5.65. The second kappa shape index (κ2) is 8.87. The first-order valence-electron chi connectivity index (χ1n) is 8.30. The molecule has 1 aromatic heterocycles. The molecule has 0 saturated heterocycles. The molecule has 3 rings (SSSR count). The maximum Gasteiger partial charge on any atom is 0.234 e. The number of rotatable bonds is 7. The molecule has 0 unspecified atom stereocenters. The van der Waals surface area contributed by atoms with Gasteiger partial charge in [-0.25, -0.2) is 0 Å². The summed E-state index contributed by atoms with van der Waals surface area (Å²) in [5.41, 5.74) is 1.91. The summed E-state index contributed by atoms with van der Waals surface area (Å²) in [5.74, 6) is 1.08. The number of nitrogens with one attached hydrogen (secondary N) is 1. The summed E-state index contributed by atoms with van der Waals surface area (Å²) >= 11 is 7.23. The van der Waals surface area contributed by atoms with Gasteiger partial charge in [-0.05, 0) is 36.8 Å². The van der Waals surface area contributed by atoms with Gasteiger partial charge < -0.3 is 9.88 Å². The van der Waals surface area contributed by atoms with Crippen LogP contribution < -0.4 is 5.32 Å². The Hall–Kier alpha value is -2.31. The molecule has 0 aliphatic carbocycles. The summed E-state index contributed by atoms with van der Waals surface area (Å²) < 4.78 is 2.05. The fourth-order valence-corrected chi connectivity index (χ4v) is 3.46. The molecule has 2 aromatic carbocycles. The Morgan fingerprint density at radius 2 is 1.85 bits per heavy atom. The first-order chi connectivity index (χ1) is 12.7. The van der Waals surface area contributed by atoms with Crippen LogP contribution >= 0.6 is 23.4 Å². The van der Waals surface area contributed by atoms with E-state index < -0.39 is 0 Å². The molecule has 1 N–H and O–H groups in total. The van der Waals surface area contributed by atoms with Crippen LogP contribution in [-0.2, 0) is 17.8 Å². The minimum atomic E-state index is -0.0902. The average Bonchev–Trinajstić information content (AvgIpc) is 3.04. The van der Waals surface area contributed by atoms with Crippen molar-refractivity contribution in [2.45, 2.75) is 25.0 Å². The summed E-state index contributed by atoms with van der Waals surface area (Å²) in [7, 11) is 0. The number of amides is 1. The van der Waals surface area contributed by atoms with E-state index in [1.165, 1.54) is 17.3 Å². The SMILES string of the molecule is CCn1c(Cc2ccccc2)nnc1SCC(=O)Nc1ccc(Cl)cc1. The Kier molecular flexibility index (Phi) is 6.30. The molecule has 1 amide bonds. The third kappa shape index (κ3) is 4.86. The maximum atomic E-state index is 12.1. The highest BCUT2D eigenvalue weighted by atomic mass is 35.5. The molecule has 0 bridgehead atoms. The lowest BCUT2D eigenvalue weighted by Gasteiger charge is -2.08. The molecule has 3 aromatic rings. The third-order valence-corrected chi connectivity index (χ3v) is 4.99. The van der Waals surface area contributed by atoms with Gasteiger partial charge in [0.25, 0.3) is 0 Å². The van der Waals surface area contributed by atoms with Crippen molar-refractivity contribution < 1.29 is 4.79 Å². The number of anilines is 1. The smallest absolute Gasteiger partial charge is 0.234 e. The van der Waals surface area contributed by atoms with Crippen LogP contribution in [0.2, 0.25) is 5.02 Å². The van der Waals surface area contributed by atoms with Crippen LogP contribution in [0.15, 0.2) is 59.8 Å². The molecule has 1 heterocycles. The predicted molar refractivity (Wildman–Crippen MR) is 106 cm³/mol. The molecular weight excluding hydrogens is 368 g/mol. The van der Waals surface area contributed by atoms with Gasteiger partial charge in [0, 0.05) is 23.7 Å². The van der Waals surface area contributed by atoms with E-state index in [2.05, 4.69) is 34.6 Å². The highest BCUT2D eigenvalue weighted by molar-refractivity contribution is 7.99. The van der Waals surface area contributed by atoms with Crippen molar-refractivity contribution >= 4 is 35.0 Å². The van der Waals surface area contributed by atoms with Crippen molar-refractivity contribution in [3.8, 4) is 0 Å². The van der Waals surface area contributed by atoms with Gasteiger partial charge in [0.05, 0.1) is 5.75 Å². The van der Waals surface area contributed by atoms with Gasteiger partial charge in [0.2, 0.25) is 5.91 Å². The average molecular weight is 387 g/mol. The highest BCUT2D eigenvalue weighted by Crippen LogP contribution is 2.20. The molecule has 0 spiro atoms. The van der Waals surface area contributed by atoms with Crippen molar-refractivity contribution in [1.29, 1.82) is 0 Å². The number of nitrogens with zero attached hydrogens (tertiary/aromatic N) is 3. The van der Waals surface area contributed by atoms with E-state index in [4.69, 9.17) is 11.6 Å². The molecule has 5 nitrogen and oxygen atoms in total. The Bertz CT molecular complexity index is 865. The number of carbonyl (C=O) groups is 1. The molecule has 0 saturated carbocycles. The van der Waals surface area contributed by atoms with Crippen molar-refractivity contribution in [1.82, 2.24) is 14.8 Å². The standard InChI is InChI=1S/C19H19ClN4OS/c1-2-24-17(12-14-6-4-3-5-7-14)22-23-19(24)26-13-18(25)21-16-10-8-15(20)9-11-16/h3-11H,2,12-13H2,1H3,(H,21,25). The summed E-state index contributed by atoms with van der Waals surface area (Å²) in [6.07, 6.45) is 0.721. The van der Waals surface area contributed by atoms with E-state index in [0.717, 1.165) is 29.6 Å². The Morgan fingerprint density at radius 3 is 2.54 bits per heavy atom. The minimum Gasteiger partial charge on any atom is -0.325 e. The molecule has 134 valence electrons. The monoisotopic (exact) mass is 386 g/mol. The van der Waals surface area contributed by atoms with Crippen LogP contribution in [0, 0.1) is 0 Å². The number of carbonyl (C=O) groups excluding carboxylic acids is 1. The van der Waals surface area contributed by atoms with Crippen molar-refractivity contribution in [3.63, 3.8) is 0 Å². The van der Waals surface area contributed by atoms with Crippen LogP contribution in [0.4, 0.5) is 5.69 Å². The minimum absolute atomic E-state index is 0.0902. The van der Waals surface area contributed by atoms with Gasteiger partial charge in [-0.15, -0.1) is 10.2 Å². The summed E-state index contributed by atoms with van der Waals surface area (Å²) in [5, 5.41) is 12.8. The van der Waals surface area contributed by atoms with Gasteiger partial charge in [-0.1, -0.05) is 53.7 Å². The fraction of sp³-hybridized carbons (Fsp3) is 0.211. The first kappa shape index (κ1) is 18.5. The zero-order chi connectivity index (χ0) is 18.4. The topological polar surface area (TPSA) is 59.8 Å². The molecule has 7 heteroatoms. The van der Waals surface area contributed by atoms with E-state index in [-0.39, 0.29) is 11.7 Å². The molecule has 0 aliphatic heterocycles. The summed E-state index contributed by atoms with van der Waals surface area (Å²) in [6.45, 7) is 2.81. The van der Waals surface area contributed by atoms with Gasteiger partial charge in [0.1, 0.15) is 5.82 Å². The van der Waals surface area contributed by atoms with E-state index in [9.17, 15) is 4.79 Å². The molecule has 0 fully saturated rings. The Labute approximate surface area is 161 Å². The lowest BCUT2D eigenvalue weighted by Crippen LogP contribution is -2.14. The van der Waals surface area contributed by atoms with Crippen LogP contribution in [-0.4, -0.2) is 26.4 Å². The largest absolute Gasteiger partial charge is 0.325 e. The van der Waals surface area contributed by atoms with E-state index >= 15 is 0 Å².